The number of hydrogen-bond donors (Lipinski definition) is 0. The molecule has 1 amide bonds. The Morgan fingerprint density at radius 2 is 1.62 bits per heavy atom. The fourth-order valence-corrected chi connectivity index (χ4v) is 3.76. The fraction of sp³-hybridized carbons (Fsp3) is 0.429. The van der Waals surface area contributed by atoms with Gasteiger partial charge in [0.2, 0.25) is 0 Å². The minimum Gasteiger partial charge on any atom is -0.452 e. The lowest BCUT2D eigenvalue weighted by molar-refractivity contribution is -0.134. The van der Waals surface area contributed by atoms with Crippen LogP contribution in [-0.2, 0) is 9.53 Å². The van der Waals surface area contributed by atoms with Crippen LogP contribution >= 0.6 is 0 Å². The molecule has 152 valence electrons. The molecule has 0 aliphatic carbocycles. The molecule has 8 nitrogen and oxygen atoms in total. The van der Waals surface area contributed by atoms with Gasteiger partial charge in [-0.1, -0.05) is 6.07 Å². The van der Waals surface area contributed by atoms with Crippen molar-refractivity contribution in [1.82, 2.24) is 14.9 Å². The highest BCUT2D eigenvalue weighted by Crippen LogP contribution is 2.22. The number of nitrogens with zero attached hydrogens (tertiary/aromatic N) is 5. The maximum atomic E-state index is 12.6. The summed E-state index contributed by atoms with van der Waals surface area (Å²) in [6.45, 7) is 4.10. The Labute approximate surface area is 170 Å². The molecule has 4 rings (SSSR count). The van der Waals surface area contributed by atoms with Crippen LogP contribution in [0.5, 0.6) is 0 Å². The Bertz CT molecular complexity index is 846. The molecular weight excluding hydrogens is 370 g/mol. The normalized spacial score (nSPS) is 16.8. The van der Waals surface area contributed by atoms with Gasteiger partial charge < -0.3 is 19.4 Å². The van der Waals surface area contributed by atoms with Crippen LogP contribution < -0.4 is 9.80 Å². The minimum atomic E-state index is -0.500. The monoisotopic (exact) mass is 395 g/mol. The number of ether oxygens (including phenoxy) is 1. The van der Waals surface area contributed by atoms with Gasteiger partial charge in [-0.2, -0.15) is 0 Å². The van der Waals surface area contributed by atoms with E-state index in [0.717, 1.165) is 31.7 Å². The van der Waals surface area contributed by atoms with Gasteiger partial charge in [-0.15, -0.1) is 0 Å². The molecule has 0 N–H and O–H groups in total. The quantitative estimate of drug-likeness (QED) is 0.711. The average molecular weight is 395 g/mol. The smallest absolute Gasteiger partial charge is 0.342 e. The van der Waals surface area contributed by atoms with Crippen LogP contribution in [0.2, 0.25) is 0 Å². The summed E-state index contributed by atoms with van der Waals surface area (Å²) in [5, 5.41) is 0. The van der Waals surface area contributed by atoms with Gasteiger partial charge in [-0.3, -0.25) is 4.79 Å². The third-order valence-corrected chi connectivity index (χ3v) is 5.34. The first kappa shape index (κ1) is 19.2. The van der Waals surface area contributed by atoms with Gasteiger partial charge in [0, 0.05) is 51.7 Å². The van der Waals surface area contributed by atoms with Crippen LogP contribution in [0, 0.1) is 0 Å². The number of rotatable bonds is 5. The third kappa shape index (κ3) is 4.47. The first-order chi connectivity index (χ1) is 14.2. The van der Waals surface area contributed by atoms with E-state index in [0.29, 0.717) is 37.6 Å². The van der Waals surface area contributed by atoms with E-state index in [1.54, 1.807) is 29.4 Å². The molecule has 8 heteroatoms. The van der Waals surface area contributed by atoms with Crippen LogP contribution in [0.3, 0.4) is 0 Å². The van der Waals surface area contributed by atoms with Crippen molar-refractivity contribution in [3.8, 4) is 0 Å². The first-order valence-electron chi connectivity index (χ1n) is 10.0. The van der Waals surface area contributed by atoms with E-state index in [-0.39, 0.29) is 12.5 Å². The lowest BCUT2D eigenvalue weighted by Crippen LogP contribution is -2.50. The van der Waals surface area contributed by atoms with Gasteiger partial charge in [0.05, 0.1) is 0 Å². The molecule has 0 saturated carbocycles. The van der Waals surface area contributed by atoms with Gasteiger partial charge >= 0.3 is 5.97 Å². The largest absolute Gasteiger partial charge is 0.452 e. The standard InChI is InChI=1S/C21H25N5O3/c27-19(25-14-12-24(13-15-25)18-7-1-2-8-22-18)16-29-21(28)17-6-5-9-23-20(17)26-10-3-4-11-26/h1-2,5-9H,3-4,10-16H2. The zero-order valence-electron chi connectivity index (χ0n) is 16.4. The highest BCUT2D eigenvalue weighted by molar-refractivity contribution is 5.96. The van der Waals surface area contributed by atoms with Gasteiger partial charge in [0.25, 0.3) is 5.91 Å². The maximum absolute atomic E-state index is 12.6. The second-order valence-corrected chi connectivity index (χ2v) is 7.20. The summed E-state index contributed by atoms with van der Waals surface area (Å²) in [7, 11) is 0. The van der Waals surface area contributed by atoms with Crippen LogP contribution in [0.4, 0.5) is 11.6 Å². The molecule has 29 heavy (non-hydrogen) atoms. The van der Waals surface area contributed by atoms with Crippen molar-refractivity contribution < 1.29 is 14.3 Å². The van der Waals surface area contributed by atoms with E-state index in [2.05, 4.69) is 19.8 Å². The van der Waals surface area contributed by atoms with Crippen LogP contribution in [-0.4, -0.2) is 72.6 Å². The zero-order valence-corrected chi connectivity index (χ0v) is 16.4. The molecule has 0 spiro atoms. The van der Waals surface area contributed by atoms with Crippen molar-refractivity contribution >= 4 is 23.5 Å². The Morgan fingerprint density at radius 3 is 2.34 bits per heavy atom. The van der Waals surface area contributed by atoms with Gasteiger partial charge in [0.15, 0.2) is 6.61 Å². The molecule has 2 aromatic rings. The average Bonchev–Trinajstić information content (AvgIpc) is 3.33. The molecule has 0 radical (unpaired) electrons. The molecule has 2 aliphatic rings. The van der Waals surface area contributed by atoms with E-state index >= 15 is 0 Å². The number of amides is 1. The van der Waals surface area contributed by atoms with Crippen molar-refractivity contribution in [2.75, 3.05) is 55.7 Å². The first-order valence-corrected chi connectivity index (χ1v) is 10.0. The summed E-state index contributed by atoms with van der Waals surface area (Å²) in [5.74, 6) is 0.884. The highest BCUT2D eigenvalue weighted by Gasteiger charge is 2.25. The topological polar surface area (TPSA) is 78.9 Å². The lowest BCUT2D eigenvalue weighted by Gasteiger charge is -2.35. The van der Waals surface area contributed by atoms with Crippen molar-refractivity contribution in [3.63, 3.8) is 0 Å². The van der Waals surface area contributed by atoms with Crippen LogP contribution in [0.15, 0.2) is 42.7 Å². The maximum Gasteiger partial charge on any atom is 0.342 e. The van der Waals surface area contributed by atoms with Crippen LogP contribution in [0.1, 0.15) is 23.2 Å². The summed E-state index contributed by atoms with van der Waals surface area (Å²) in [6.07, 6.45) is 5.62. The van der Waals surface area contributed by atoms with Gasteiger partial charge in [0.1, 0.15) is 17.2 Å². The van der Waals surface area contributed by atoms with E-state index in [1.807, 2.05) is 18.2 Å². The predicted octanol–water partition coefficient (Wildman–Crippen LogP) is 1.58. The molecule has 0 bridgehead atoms. The van der Waals surface area contributed by atoms with Gasteiger partial charge in [-0.25, -0.2) is 14.8 Å². The molecule has 4 heterocycles. The summed E-state index contributed by atoms with van der Waals surface area (Å²) in [5.41, 5.74) is 0.419. The number of carbonyl (C=O) groups is 2. The fourth-order valence-electron chi connectivity index (χ4n) is 3.76. The Kier molecular flexibility index (Phi) is 5.88. The summed E-state index contributed by atoms with van der Waals surface area (Å²) in [4.78, 5) is 39.8. The van der Waals surface area contributed by atoms with Crippen molar-refractivity contribution in [1.29, 1.82) is 0 Å². The Hall–Kier alpha value is -3.16. The number of anilines is 2. The van der Waals surface area contributed by atoms with E-state index in [4.69, 9.17) is 4.74 Å². The number of piperazine rings is 1. The molecule has 0 aromatic carbocycles. The van der Waals surface area contributed by atoms with Crippen molar-refractivity contribution in [2.45, 2.75) is 12.8 Å². The molecule has 2 fully saturated rings. The molecule has 2 aromatic heterocycles. The van der Waals surface area contributed by atoms with E-state index < -0.39 is 5.97 Å². The number of carbonyl (C=O) groups excluding carboxylic acids is 2. The highest BCUT2D eigenvalue weighted by atomic mass is 16.5. The number of aromatic nitrogens is 2. The zero-order chi connectivity index (χ0) is 20.1. The molecule has 0 atom stereocenters. The second-order valence-electron chi connectivity index (χ2n) is 7.20. The molecule has 2 aliphatic heterocycles. The van der Waals surface area contributed by atoms with Crippen molar-refractivity contribution in [3.05, 3.63) is 48.3 Å². The molecular formula is C21H25N5O3. The minimum absolute atomic E-state index is 0.175. The Balaban J connectivity index is 1.30. The van der Waals surface area contributed by atoms with Crippen LogP contribution in [0.25, 0.3) is 0 Å². The van der Waals surface area contributed by atoms with Gasteiger partial charge in [-0.05, 0) is 37.1 Å². The summed E-state index contributed by atoms with van der Waals surface area (Å²) in [6, 6.07) is 9.22. The summed E-state index contributed by atoms with van der Waals surface area (Å²) < 4.78 is 5.33. The van der Waals surface area contributed by atoms with Crippen molar-refractivity contribution in [2.24, 2.45) is 0 Å². The number of esters is 1. The lowest BCUT2D eigenvalue weighted by atomic mass is 10.2. The molecule has 0 unspecified atom stereocenters. The predicted molar refractivity (Wildman–Crippen MR) is 109 cm³/mol. The summed E-state index contributed by atoms with van der Waals surface area (Å²) >= 11 is 0. The SMILES string of the molecule is O=C(OCC(=O)N1CCN(c2ccccn2)CC1)c1cccnc1N1CCCC1. The third-order valence-electron chi connectivity index (χ3n) is 5.34. The number of pyridine rings is 2. The second kappa shape index (κ2) is 8.89. The molecule has 2 saturated heterocycles. The van der Waals surface area contributed by atoms with E-state index in [1.165, 1.54) is 0 Å². The Morgan fingerprint density at radius 1 is 0.862 bits per heavy atom. The van der Waals surface area contributed by atoms with E-state index in [9.17, 15) is 9.59 Å². The number of hydrogen-bond acceptors (Lipinski definition) is 7.